The number of aromatic nitrogens is 2. The van der Waals surface area contributed by atoms with Crippen molar-refractivity contribution in [1.82, 2.24) is 19.8 Å². The number of hydrogen-bond acceptors (Lipinski definition) is 5. The Labute approximate surface area is 155 Å². The third-order valence-corrected chi connectivity index (χ3v) is 4.84. The summed E-state index contributed by atoms with van der Waals surface area (Å²) in [5.41, 5.74) is 1.90. The SMILES string of the molecule is CCN(CC)C(=O)c1cnc(N2CCN(Cc3ccccc3)CC2)nc1. The van der Waals surface area contributed by atoms with Crippen LogP contribution < -0.4 is 4.90 Å². The Morgan fingerprint density at radius 1 is 1.00 bits per heavy atom. The van der Waals surface area contributed by atoms with Crippen molar-refractivity contribution in [3.63, 3.8) is 0 Å². The number of carbonyl (C=O) groups is 1. The maximum atomic E-state index is 12.3. The van der Waals surface area contributed by atoms with E-state index in [9.17, 15) is 4.79 Å². The Kier molecular flexibility index (Phi) is 6.17. The number of anilines is 1. The van der Waals surface area contributed by atoms with Crippen molar-refractivity contribution >= 4 is 11.9 Å². The van der Waals surface area contributed by atoms with Crippen LogP contribution in [-0.2, 0) is 6.54 Å². The Hall–Kier alpha value is -2.47. The summed E-state index contributed by atoms with van der Waals surface area (Å²) < 4.78 is 0. The van der Waals surface area contributed by atoms with Gasteiger partial charge in [-0.05, 0) is 19.4 Å². The minimum atomic E-state index is -0.00534. The fourth-order valence-electron chi connectivity index (χ4n) is 3.24. The summed E-state index contributed by atoms with van der Waals surface area (Å²) in [6, 6.07) is 10.6. The van der Waals surface area contributed by atoms with Crippen LogP contribution in [0.25, 0.3) is 0 Å². The van der Waals surface area contributed by atoms with Gasteiger partial charge < -0.3 is 9.80 Å². The molecule has 0 atom stereocenters. The second kappa shape index (κ2) is 8.76. The number of piperazine rings is 1. The molecule has 1 amide bonds. The highest BCUT2D eigenvalue weighted by Gasteiger charge is 2.20. The molecule has 0 aliphatic carbocycles. The minimum Gasteiger partial charge on any atom is -0.339 e. The zero-order valence-electron chi connectivity index (χ0n) is 15.6. The van der Waals surface area contributed by atoms with Gasteiger partial charge in [0.2, 0.25) is 5.95 Å². The summed E-state index contributed by atoms with van der Waals surface area (Å²) >= 11 is 0. The Morgan fingerprint density at radius 3 is 2.19 bits per heavy atom. The molecule has 1 fully saturated rings. The van der Waals surface area contributed by atoms with Gasteiger partial charge in [0.15, 0.2) is 0 Å². The molecular weight excluding hydrogens is 326 g/mol. The first-order chi connectivity index (χ1) is 12.7. The lowest BCUT2D eigenvalue weighted by Crippen LogP contribution is -2.46. The van der Waals surface area contributed by atoms with Crippen molar-refractivity contribution in [3.8, 4) is 0 Å². The van der Waals surface area contributed by atoms with Gasteiger partial charge in [0.25, 0.3) is 5.91 Å². The summed E-state index contributed by atoms with van der Waals surface area (Å²) in [5, 5.41) is 0. The van der Waals surface area contributed by atoms with Gasteiger partial charge in [-0.25, -0.2) is 9.97 Å². The molecule has 6 heteroatoms. The summed E-state index contributed by atoms with van der Waals surface area (Å²) in [7, 11) is 0. The number of amides is 1. The van der Waals surface area contributed by atoms with E-state index in [1.165, 1.54) is 5.56 Å². The molecule has 1 aromatic heterocycles. The molecule has 1 aliphatic heterocycles. The second-order valence-electron chi connectivity index (χ2n) is 6.50. The van der Waals surface area contributed by atoms with Gasteiger partial charge in [0.05, 0.1) is 5.56 Å². The molecule has 26 heavy (non-hydrogen) atoms. The molecule has 1 aromatic carbocycles. The van der Waals surface area contributed by atoms with Crippen molar-refractivity contribution in [2.24, 2.45) is 0 Å². The predicted octanol–water partition coefficient (Wildman–Crippen LogP) is 2.28. The summed E-state index contributed by atoms with van der Waals surface area (Å²) in [4.78, 5) is 27.6. The van der Waals surface area contributed by atoms with Crippen LogP contribution in [0.3, 0.4) is 0 Å². The van der Waals surface area contributed by atoms with Crippen molar-refractivity contribution < 1.29 is 4.79 Å². The lowest BCUT2D eigenvalue weighted by molar-refractivity contribution is 0.0772. The van der Waals surface area contributed by atoms with E-state index in [1.54, 1.807) is 17.3 Å². The summed E-state index contributed by atoms with van der Waals surface area (Å²) in [6.45, 7) is 10.1. The van der Waals surface area contributed by atoms with Crippen molar-refractivity contribution in [3.05, 3.63) is 53.9 Å². The zero-order chi connectivity index (χ0) is 18.4. The maximum absolute atomic E-state index is 12.3. The van der Waals surface area contributed by atoms with E-state index in [4.69, 9.17) is 0 Å². The van der Waals surface area contributed by atoms with Crippen molar-refractivity contribution in [2.45, 2.75) is 20.4 Å². The van der Waals surface area contributed by atoms with Crippen LogP contribution in [0.4, 0.5) is 5.95 Å². The average Bonchev–Trinajstić information content (AvgIpc) is 2.70. The van der Waals surface area contributed by atoms with Crippen LogP contribution in [0.1, 0.15) is 29.8 Å². The number of nitrogens with zero attached hydrogens (tertiary/aromatic N) is 5. The highest BCUT2D eigenvalue weighted by molar-refractivity contribution is 5.93. The van der Waals surface area contributed by atoms with E-state index in [-0.39, 0.29) is 5.91 Å². The number of benzene rings is 1. The van der Waals surface area contributed by atoms with Gasteiger partial charge in [0.1, 0.15) is 0 Å². The molecule has 0 radical (unpaired) electrons. The standard InChI is InChI=1S/C20H27N5O/c1-3-24(4-2)19(26)18-14-21-20(22-15-18)25-12-10-23(11-13-25)16-17-8-6-5-7-9-17/h5-9,14-15H,3-4,10-13,16H2,1-2H3. The van der Waals surface area contributed by atoms with Crippen LogP contribution in [-0.4, -0.2) is 64.9 Å². The van der Waals surface area contributed by atoms with Gasteiger partial charge in [-0.3, -0.25) is 9.69 Å². The molecule has 3 rings (SSSR count). The molecule has 0 bridgehead atoms. The molecule has 2 aromatic rings. The second-order valence-corrected chi connectivity index (χ2v) is 6.50. The lowest BCUT2D eigenvalue weighted by atomic mass is 10.2. The first kappa shape index (κ1) is 18.3. The first-order valence-electron chi connectivity index (χ1n) is 9.33. The van der Waals surface area contributed by atoms with Crippen LogP contribution >= 0.6 is 0 Å². The normalized spacial score (nSPS) is 15.1. The fraction of sp³-hybridized carbons (Fsp3) is 0.450. The molecule has 0 saturated carbocycles. The third kappa shape index (κ3) is 4.38. The Balaban J connectivity index is 1.55. The van der Waals surface area contributed by atoms with Gasteiger partial charge in [-0.1, -0.05) is 30.3 Å². The van der Waals surface area contributed by atoms with Gasteiger partial charge >= 0.3 is 0 Å². The quantitative estimate of drug-likeness (QED) is 0.797. The molecule has 1 aliphatic rings. The number of carbonyl (C=O) groups excluding carboxylic acids is 1. The number of hydrogen-bond donors (Lipinski definition) is 0. The highest BCUT2D eigenvalue weighted by Crippen LogP contribution is 2.14. The number of rotatable bonds is 6. The van der Waals surface area contributed by atoms with E-state index in [1.807, 2.05) is 19.9 Å². The topological polar surface area (TPSA) is 52.6 Å². The molecule has 6 nitrogen and oxygen atoms in total. The van der Waals surface area contributed by atoms with Crippen LogP contribution in [0, 0.1) is 0 Å². The van der Waals surface area contributed by atoms with Gasteiger partial charge in [0, 0.05) is 58.2 Å². The van der Waals surface area contributed by atoms with Crippen LogP contribution in [0.15, 0.2) is 42.7 Å². The lowest BCUT2D eigenvalue weighted by Gasteiger charge is -2.34. The molecule has 0 N–H and O–H groups in total. The van der Waals surface area contributed by atoms with E-state index >= 15 is 0 Å². The smallest absolute Gasteiger partial charge is 0.256 e. The third-order valence-electron chi connectivity index (χ3n) is 4.84. The van der Waals surface area contributed by atoms with Crippen molar-refractivity contribution in [2.75, 3.05) is 44.2 Å². The Morgan fingerprint density at radius 2 is 1.62 bits per heavy atom. The van der Waals surface area contributed by atoms with Gasteiger partial charge in [-0.2, -0.15) is 0 Å². The predicted molar refractivity (Wildman–Crippen MR) is 103 cm³/mol. The molecule has 138 valence electrons. The van der Waals surface area contributed by atoms with E-state index in [0.717, 1.165) is 32.7 Å². The van der Waals surface area contributed by atoms with Gasteiger partial charge in [-0.15, -0.1) is 0 Å². The maximum Gasteiger partial charge on any atom is 0.256 e. The summed E-state index contributed by atoms with van der Waals surface area (Å²) in [5.74, 6) is 0.703. The molecular formula is C20H27N5O. The monoisotopic (exact) mass is 353 g/mol. The molecule has 0 spiro atoms. The van der Waals surface area contributed by atoms with Crippen LogP contribution in [0.2, 0.25) is 0 Å². The largest absolute Gasteiger partial charge is 0.339 e. The molecule has 2 heterocycles. The van der Waals surface area contributed by atoms with E-state index in [0.29, 0.717) is 24.6 Å². The Bertz CT molecular complexity index is 692. The van der Waals surface area contributed by atoms with Crippen LogP contribution in [0.5, 0.6) is 0 Å². The van der Waals surface area contributed by atoms with Crippen molar-refractivity contribution in [1.29, 1.82) is 0 Å². The average molecular weight is 353 g/mol. The van der Waals surface area contributed by atoms with E-state index in [2.05, 4.69) is 44.0 Å². The molecule has 1 saturated heterocycles. The minimum absolute atomic E-state index is 0.00534. The fourth-order valence-corrected chi connectivity index (χ4v) is 3.24. The molecule has 0 unspecified atom stereocenters. The zero-order valence-corrected chi connectivity index (χ0v) is 15.6. The first-order valence-corrected chi connectivity index (χ1v) is 9.33. The van der Waals surface area contributed by atoms with E-state index < -0.39 is 0 Å². The highest BCUT2D eigenvalue weighted by atomic mass is 16.2. The summed E-state index contributed by atoms with van der Waals surface area (Å²) in [6.07, 6.45) is 3.30.